The second-order valence-corrected chi connectivity index (χ2v) is 8.48. The van der Waals surface area contributed by atoms with Gasteiger partial charge in [0.05, 0.1) is 24.9 Å². The molecule has 29 heavy (non-hydrogen) atoms. The quantitative estimate of drug-likeness (QED) is 0.536. The van der Waals surface area contributed by atoms with E-state index in [1.807, 2.05) is 12.1 Å². The number of aromatic hydroxyl groups is 1. The number of hydrogen-bond donors (Lipinski definition) is 2. The van der Waals surface area contributed by atoms with Crippen LogP contribution in [-0.2, 0) is 10.0 Å². The van der Waals surface area contributed by atoms with Crippen LogP contribution in [0.5, 0.6) is 17.2 Å². The summed E-state index contributed by atoms with van der Waals surface area (Å²) in [7, 11) is -1.20. The second kappa shape index (κ2) is 8.41. The van der Waals surface area contributed by atoms with E-state index in [9.17, 15) is 13.5 Å². The monoisotopic (exact) mass is 453 g/mol. The van der Waals surface area contributed by atoms with E-state index in [1.54, 1.807) is 37.4 Å². The number of sulfonamides is 1. The van der Waals surface area contributed by atoms with E-state index >= 15 is 0 Å². The Morgan fingerprint density at radius 3 is 2.17 bits per heavy atom. The minimum Gasteiger partial charge on any atom is -0.505 e. The summed E-state index contributed by atoms with van der Waals surface area (Å²) in [4.78, 5) is -0.438. The molecule has 152 valence electrons. The Kier molecular flexibility index (Phi) is 6.12. The zero-order valence-corrected chi connectivity index (χ0v) is 17.8. The molecule has 0 fully saturated rings. The first-order valence-electron chi connectivity index (χ1n) is 8.28. The number of ether oxygens (including phenoxy) is 2. The number of rotatable bonds is 6. The van der Waals surface area contributed by atoms with Crippen molar-refractivity contribution in [3.63, 3.8) is 0 Å². The van der Waals surface area contributed by atoms with E-state index in [4.69, 9.17) is 32.7 Å². The van der Waals surface area contributed by atoms with Crippen LogP contribution in [0.2, 0.25) is 10.0 Å². The maximum Gasteiger partial charge on any atom is 0.265 e. The number of methoxy groups -OCH3 is 2. The fourth-order valence-electron chi connectivity index (χ4n) is 2.70. The van der Waals surface area contributed by atoms with Crippen LogP contribution >= 0.6 is 23.2 Å². The Bertz CT molecular complexity index is 1150. The van der Waals surface area contributed by atoms with Gasteiger partial charge in [-0.05, 0) is 47.5 Å². The third-order valence-corrected chi connectivity index (χ3v) is 6.04. The first-order valence-corrected chi connectivity index (χ1v) is 10.5. The van der Waals surface area contributed by atoms with Gasteiger partial charge in [0.15, 0.2) is 5.75 Å². The molecule has 2 N–H and O–H groups in total. The molecule has 0 spiro atoms. The first-order chi connectivity index (χ1) is 13.7. The molecule has 0 heterocycles. The highest BCUT2D eigenvalue weighted by Gasteiger charge is 2.23. The Labute approximate surface area is 178 Å². The van der Waals surface area contributed by atoms with Crippen molar-refractivity contribution in [3.8, 4) is 28.4 Å². The fourth-order valence-corrected chi connectivity index (χ4v) is 4.52. The standard InChI is InChI=1S/C20H17Cl2NO5S/c1-27-15-6-3-12(4-7-15)13-5-8-18(28-2)17(9-13)23-29(25,26)19-11-14(21)10-16(22)20(19)24/h3-11,23-24H,1-2H3. The molecule has 0 aliphatic heterocycles. The molecule has 3 rings (SSSR count). The van der Waals surface area contributed by atoms with Crippen LogP contribution in [0.25, 0.3) is 11.1 Å². The lowest BCUT2D eigenvalue weighted by atomic mass is 10.0. The topological polar surface area (TPSA) is 84.9 Å². The maximum atomic E-state index is 12.9. The van der Waals surface area contributed by atoms with Crippen molar-refractivity contribution >= 4 is 38.9 Å². The van der Waals surface area contributed by atoms with Crippen LogP contribution in [0.15, 0.2) is 59.5 Å². The highest BCUT2D eigenvalue weighted by molar-refractivity contribution is 7.92. The minimum atomic E-state index is -4.20. The van der Waals surface area contributed by atoms with Crippen molar-refractivity contribution in [1.82, 2.24) is 0 Å². The molecular formula is C20H17Cl2NO5S. The van der Waals surface area contributed by atoms with Gasteiger partial charge in [0.25, 0.3) is 10.0 Å². The highest BCUT2D eigenvalue weighted by atomic mass is 35.5. The van der Waals surface area contributed by atoms with Crippen molar-refractivity contribution < 1.29 is 23.0 Å². The third kappa shape index (κ3) is 4.53. The first kappa shape index (κ1) is 21.1. The van der Waals surface area contributed by atoms with Crippen LogP contribution in [0, 0.1) is 0 Å². The number of anilines is 1. The smallest absolute Gasteiger partial charge is 0.265 e. The van der Waals surface area contributed by atoms with Crippen LogP contribution < -0.4 is 14.2 Å². The summed E-state index contributed by atoms with van der Waals surface area (Å²) in [5.41, 5.74) is 1.79. The van der Waals surface area contributed by atoms with E-state index in [-0.39, 0.29) is 15.7 Å². The van der Waals surface area contributed by atoms with Gasteiger partial charge in [-0.3, -0.25) is 4.72 Å². The number of benzene rings is 3. The van der Waals surface area contributed by atoms with Crippen LogP contribution in [0.1, 0.15) is 0 Å². The van der Waals surface area contributed by atoms with E-state index in [1.165, 1.54) is 13.2 Å². The molecule has 0 radical (unpaired) electrons. The molecule has 3 aromatic rings. The Balaban J connectivity index is 2.03. The molecule has 0 atom stereocenters. The lowest BCUT2D eigenvalue weighted by Gasteiger charge is -2.15. The van der Waals surface area contributed by atoms with E-state index in [0.717, 1.165) is 17.2 Å². The van der Waals surface area contributed by atoms with Gasteiger partial charge < -0.3 is 14.6 Å². The van der Waals surface area contributed by atoms with Crippen molar-refractivity contribution in [2.75, 3.05) is 18.9 Å². The van der Waals surface area contributed by atoms with Gasteiger partial charge in [0.1, 0.15) is 16.4 Å². The Morgan fingerprint density at radius 1 is 0.897 bits per heavy atom. The molecule has 6 nitrogen and oxygen atoms in total. The van der Waals surface area contributed by atoms with Crippen molar-refractivity contribution in [1.29, 1.82) is 0 Å². The second-order valence-electron chi connectivity index (χ2n) is 5.98. The zero-order valence-electron chi connectivity index (χ0n) is 15.4. The molecular weight excluding hydrogens is 437 g/mol. The van der Waals surface area contributed by atoms with Gasteiger partial charge >= 0.3 is 0 Å². The van der Waals surface area contributed by atoms with Gasteiger partial charge in [-0.15, -0.1) is 0 Å². The van der Waals surface area contributed by atoms with Gasteiger partial charge in [-0.1, -0.05) is 41.4 Å². The molecule has 0 saturated heterocycles. The average Bonchev–Trinajstić information content (AvgIpc) is 2.70. The van der Waals surface area contributed by atoms with Crippen LogP contribution in [0.3, 0.4) is 0 Å². The predicted molar refractivity (Wildman–Crippen MR) is 114 cm³/mol. The number of phenols is 1. The van der Waals surface area contributed by atoms with Crippen molar-refractivity contribution in [2.24, 2.45) is 0 Å². The molecule has 0 amide bonds. The molecule has 3 aromatic carbocycles. The van der Waals surface area contributed by atoms with Gasteiger partial charge in [0.2, 0.25) is 0 Å². The fraction of sp³-hybridized carbons (Fsp3) is 0.100. The number of nitrogens with one attached hydrogen (secondary N) is 1. The summed E-state index contributed by atoms with van der Waals surface area (Å²) >= 11 is 11.8. The molecule has 0 aliphatic carbocycles. The molecule has 0 aromatic heterocycles. The molecule has 9 heteroatoms. The molecule has 0 unspecified atom stereocenters. The van der Waals surface area contributed by atoms with E-state index in [2.05, 4.69) is 4.72 Å². The zero-order chi connectivity index (χ0) is 21.2. The van der Waals surface area contributed by atoms with E-state index in [0.29, 0.717) is 11.5 Å². The number of hydrogen-bond acceptors (Lipinski definition) is 5. The summed E-state index contributed by atoms with van der Waals surface area (Å²) in [6, 6.07) is 14.7. The summed E-state index contributed by atoms with van der Waals surface area (Å²) in [5.74, 6) is 0.420. The maximum absolute atomic E-state index is 12.9. The summed E-state index contributed by atoms with van der Waals surface area (Å²) in [6.07, 6.45) is 0. The van der Waals surface area contributed by atoms with E-state index < -0.39 is 20.7 Å². The molecule has 0 saturated carbocycles. The van der Waals surface area contributed by atoms with Crippen LogP contribution in [0.4, 0.5) is 5.69 Å². The van der Waals surface area contributed by atoms with Crippen molar-refractivity contribution in [2.45, 2.75) is 4.90 Å². The lowest BCUT2D eigenvalue weighted by molar-refractivity contribution is 0.415. The SMILES string of the molecule is COc1ccc(-c2ccc(OC)c(NS(=O)(=O)c3cc(Cl)cc(Cl)c3O)c2)cc1. The summed E-state index contributed by atoms with van der Waals surface area (Å²) in [5, 5.41) is 10.00. The normalized spacial score (nSPS) is 11.2. The Hall–Kier alpha value is -2.61. The van der Waals surface area contributed by atoms with Gasteiger partial charge in [-0.25, -0.2) is 8.42 Å². The summed E-state index contributed by atoms with van der Waals surface area (Å²) < 4.78 is 38.6. The number of halogens is 2. The number of phenolic OH excluding ortho intramolecular Hbond substituents is 1. The third-order valence-electron chi connectivity index (χ3n) is 4.15. The summed E-state index contributed by atoms with van der Waals surface area (Å²) in [6.45, 7) is 0. The predicted octanol–water partition coefficient (Wildman–Crippen LogP) is 5.18. The van der Waals surface area contributed by atoms with Crippen LogP contribution in [-0.4, -0.2) is 27.7 Å². The Morgan fingerprint density at radius 2 is 1.55 bits per heavy atom. The lowest BCUT2D eigenvalue weighted by Crippen LogP contribution is -2.14. The largest absolute Gasteiger partial charge is 0.505 e. The van der Waals surface area contributed by atoms with Crippen molar-refractivity contribution in [3.05, 3.63) is 64.6 Å². The minimum absolute atomic E-state index is 0.0760. The van der Waals surface area contributed by atoms with Gasteiger partial charge in [-0.2, -0.15) is 0 Å². The molecule has 0 bridgehead atoms. The highest BCUT2D eigenvalue weighted by Crippen LogP contribution is 2.37. The average molecular weight is 454 g/mol. The van der Waals surface area contributed by atoms with Gasteiger partial charge in [0, 0.05) is 5.02 Å². The molecule has 0 aliphatic rings.